The molecule has 1 saturated heterocycles. The molecule has 0 bridgehead atoms. The number of likely N-dealkylation sites (N-methyl/N-ethyl adjacent to an activating group) is 1. The van der Waals surface area contributed by atoms with Gasteiger partial charge in [-0.3, -0.25) is 4.79 Å². The molecule has 1 aromatic carbocycles. The molecule has 0 aliphatic carbocycles. The Kier molecular flexibility index (Phi) is 4.78. The Bertz CT molecular complexity index is 487. The SMILES string of the molecule is CNC1COCC1C(=O)NC(C)c1cc(C)ccc1C. The Morgan fingerprint density at radius 1 is 1.35 bits per heavy atom. The molecule has 0 saturated carbocycles. The van der Waals surface area contributed by atoms with Crippen molar-refractivity contribution in [2.24, 2.45) is 5.92 Å². The Balaban J connectivity index is 2.05. The summed E-state index contributed by atoms with van der Waals surface area (Å²) in [4.78, 5) is 12.4. The Labute approximate surface area is 120 Å². The Morgan fingerprint density at radius 3 is 2.80 bits per heavy atom. The van der Waals surface area contributed by atoms with Crippen molar-refractivity contribution in [1.82, 2.24) is 10.6 Å². The van der Waals surface area contributed by atoms with Gasteiger partial charge in [-0.15, -0.1) is 0 Å². The molecular weight excluding hydrogens is 252 g/mol. The number of carbonyl (C=O) groups is 1. The van der Waals surface area contributed by atoms with E-state index in [2.05, 4.69) is 42.7 Å². The summed E-state index contributed by atoms with van der Waals surface area (Å²) in [7, 11) is 1.87. The van der Waals surface area contributed by atoms with E-state index in [0.29, 0.717) is 13.2 Å². The van der Waals surface area contributed by atoms with E-state index in [1.165, 1.54) is 16.7 Å². The summed E-state index contributed by atoms with van der Waals surface area (Å²) in [5.74, 6) is -0.0391. The maximum Gasteiger partial charge on any atom is 0.227 e. The van der Waals surface area contributed by atoms with Crippen molar-refractivity contribution < 1.29 is 9.53 Å². The van der Waals surface area contributed by atoms with Crippen LogP contribution >= 0.6 is 0 Å². The van der Waals surface area contributed by atoms with Gasteiger partial charge in [0.1, 0.15) is 0 Å². The van der Waals surface area contributed by atoms with E-state index in [-0.39, 0.29) is 23.9 Å². The van der Waals surface area contributed by atoms with Crippen LogP contribution in [0.1, 0.15) is 29.7 Å². The van der Waals surface area contributed by atoms with Crippen LogP contribution in [0.15, 0.2) is 18.2 Å². The molecule has 0 aromatic heterocycles. The molecule has 3 unspecified atom stereocenters. The molecule has 110 valence electrons. The second-order valence-corrected chi connectivity index (χ2v) is 5.63. The van der Waals surface area contributed by atoms with Crippen LogP contribution in [-0.4, -0.2) is 32.2 Å². The average Bonchev–Trinajstić information content (AvgIpc) is 2.89. The highest BCUT2D eigenvalue weighted by atomic mass is 16.5. The molecule has 3 atom stereocenters. The van der Waals surface area contributed by atoms with E-state index < -0.39 is 0 Å². The van der Waals surface area contributed by atoms with Gasteiger partial charge in [0.2, 0.25) is 5.91 Å². The Hall–Kier alpha value is -1.39. The number of aryl methyl sites for hydroxylation is 2. The topological polar surface area (TPSA) is 50.4 Å². The van der Waals surface area contributed by atoms with Gasteiger partial charge < -0.3 is 15.4 Å². The number of amides is 1. The van der Waals surface area contributed by atoms with Crippen molar-refractivity contribution in [3.63, 3.8) is 0 Å². The van der Waals surface area contributed by atoms with Crippen LogP contribution < -0.4 is 10.6 Å². The number of carbonyl (C=O) groups excluding carboxylic acids is 1. The van der Waals surface area contributed by atoms with Gasteiger partial charge in [-0.25, -0.2) is 0 Å². The molecule has 4 heteroatoms. The number of hydrogen-bond donors (Lipinski definition) is 2. The van der Waals surface area contributed by atoms with E-state index in [4.69, 9.17) is 4.74 Å². The highest BCUT2D eigenvalue weighted by molar-refractivity contribution is 5.80. The predicted octanol–water partition coefficient (Wildman–Crippen LogP) is 1.72. The highest BCUT2D eigenvalue weighted by Crippen LogP contribution is 2.21. The summed E-state index contributed by atoms with van der Waals surface area (Å²) in [6.45, 7) is 7.28. The maximum atomic E-state index is 12.4. The van der Waals surface area contributed by atoms with E-state index in [9.17, 15) is 4.79 Å². The fraction of sp³-hybridized carbons (Fsp3) is 0.562. The third kappa shape index (κ3) is 3.19. The summed E-state index contributed by atoms with van der Waals surface area (Å²) in [6, 6.07) is 6.46. The first-order valence-electron chi connectivity index (χ1n) is 7.15. The molecule has 1 aliphatic rings. The zero-order valence-electron chi connectivity index (χ0n) is 12.7. The summed E-state index contributed by atoms with van der Waals surface area (Å²) < 4.78 is 5.39. The molecule has 1 aliphatic heterocycles. The summed E-state index contributed by atoms with van der Waals surface area (Å²) in [5.41, 5.74) is 3.60. The van der Waals surface area contributed by atoms with Crippen LogP contribution in [0.3, 0.4) is 0 Å². The molecular formula is C16H24N2O2. The molecule has 20 heavy (non-hydrogen) atoms. The van der Waals surface area contributed by atoms with Crippen molar-refractivity contribution in [2.75, 3.05) is 20.3 Å². The number of nitrogens with one attached hydrogen (secondary N) is 2. The van der Waals surface area contributed by atoms with Gasteiger partial charge in [0.05, 0.1) is 25.2 Å². The minimum Gasteiger partial charge on any atom is -0.379 e. The minimum atomic E-state index is -0.104. The first-order valence-corrected chi connectivity index (χ1v) is 7.15. The second-order valence-electron chi connectivity index (χ2n) is 5.63. The van der Waals surface area contributed by atoms with E-state index in [1.54, 1.807) is 0 Å². The van der Waals surface area contributed by atoms with Crippen molar-refractivity contribution in [1.29, 1.82) is 0 Å². The van der Waals surface area contributed by atoms with Gasteiger partial charge in [-0.05, 0) is 38.9 Å². The normalized spacial score (nSPS) is 23.6. The van der Waals surface area contributed by atoms with E-state index in [1.807, 2.05) is 14.0 Å². The van der Waals surface area contributed by atoms with Crippen molar-refractivity contribution in [2.45, 2.75) is 32.9 Å². The van der Waals surface area contributed by atoms with Crippen LogP contribution in [0, 0.1) is 19.8 Å². The van der Waals surface area contributed by atoms with Crippen molar-refractivity contribution >= 4 is 5.91 Å². The van der Waals surface area contributed by atoms with Crippen molar-refractivity contribution in [3.05, 3.63) is 34.9 Å². The van der Waals surface area contributed by atoms with Crippen LogP contribution in [0.4, 0.5) is 0 Å². The third-order valence-corrected chi connectivity index (χ3v) is 4.05. The van der Waals surface area contributed by atoms with Gasteiger partial charge in [-0.2, -0.15) is 0 Å². The monoisotopic (exact) mass is 276 g/mol. The molecule has 0 spiro atoms. The van der Waals surface area contributed by atoms with Crippen LogP contribution in [0.25, 0.3) is 0 Å². The van der Waals surface area contributed by atoms with Gasteiger partial charge in [0.25, 0.3) is 0 Å². The predicted molar refractivity (Wildman–Crippen MR) is 79.6 cm³/mol. The number of hydrogen-bond acceptors (Lipinski definition) is 3. The minimum absolute atomic E-state index is 0.0144. The standard InChI is InChI=1S/C16H24N2O2/c1-10-5-6-11(2)13(7-10)12(3)18-16(19)14-8-20-9-15(14)17-4/h5-7,12,14-15,17H,8-9H2,1-4H3,(H,18,19). The van der Waals surface area contributed by atoms with E-state index in [0.717, 1.165) is 0 Å². The zero-order valence-corrected chi connectivity index (χ0v) is 12.7. The number of benzene rings is 1. The smallest absolute Gasteiger partial charge is 0.227 e. The second kappa shape index (κ2) is 6.37. The summed E-state index contributed by atoms with van der Waals surface area (Å²) in [5, 5.41) is 6.25. The van der Waals surface area contributed by atoms with Crippen LogP contribution in [0.2, 0.25) is 0 Å². The lowest BCUT2D eigenvalue weighted by Crippen LogP contribution is -2.43. The number of ether oxygens (including phenoxy) is 1. The maximum absolute atomic E-state index is 12.4. The molecule has 2 rings (SSSR count). The zero-order chi connectivity index (χ0) is 14.7. The van der Waals surface area contributed by atoms with Gasteiger partial charge in [0, 0.05) is 6.04 Å². The lowest BCUT2D eigenvalue weighted by Gasteiger charge is -2.21. The summed E-state index contributed by atoms with van der Waals surface area (Å²) >= 11 is 0. The fourth-order valence-electron chi connectivity index (χ4n) is 2.72. The van der Waals surface area contributed by atoms with Gasteiger partial charge >= 0.3 is 0 Å². The molecule has 1 heterocycles. The van der Waals surface area contributed by atoms with E-state index >= 15 is 0 Å². The van der Waals surface area contributed by atoms with Crippen molar-refractivity contribution in [3.8, 4) is 0 Å². The highest BCUT2D eigenvalue weighted by Gasteiger charge is 2.33. The first-order chi connectivity index (χ1) is 9.52. The third-order valence-electron chi connectivity index (χ3n) is 4.05. The lowest BCUT2D eigenvalue weighted by molar-refractivity contribution is -0.126. The molecule has 0 radical (unpaired) electrons. The molecule has 1 fully saturated rings. The molecule has 4 nitrogen and oxygen atoms in total. The fourth-order valence-corrected chi connectivity index (χ4v) is 2.72. The quantitative estimate of drug-likeness (QED) is 0.880. The molecule has 1 aromatic rings. The Morgan fingerprint density at radius 2 is 2.10 bits per heavy atom. The number of rotatable bonds is 4. The first kappa shape index (κ1) is 15.0. The average molecular weight is 276 g/mol. The van der Waals surface area contributed by atoms with Crippen LogP contribution in [-0.2, 0) is 9.53 Å². The largest absolute Gasteiger partial charge is 0.379 e. The summed E-state index contributed by atoms with van der Waals surface area (Å²) in [6.07, 6.45) is 0. The molecule has 1 amide bonds. The molecule has 2 N–H and O–H groups in total. The van der Waals surface area contributed by atoms with Gasteiger partial charge in [-0.1, -0.05) is 23.8 Å². The van der Waals surface area contributed by atoms with Gasteiger partial charge in [0.15, 0.2) is 0 Å². The van der Waals surface area contributed by atoms with Crippen LogP contribution in [0.5, 0.6) is 0 Å². The lowest BCUT2D eigenvalue weighted by atomic mass is 9.98.